The number of rotatable bonds is 7. The van der Waals surface area contributed by atoms with E-state index >= 15 is 0 Å². The van der Waals surface area contributed by atoms with Crippen molar-refractivity contribution in [2.75, 3.05) is 6.61 Å². The van der Waals surface area contributed by atoms with Gasteiger partial charge in [-0.1, -0.05) is 60.7 Å². The van der Waals surface area contributed by atoms with Gasteiger partial charge >= 0.3 is 5.97 Å². The van der Waals surface area contributed by atoms with E-state index in [1.165, 1.54) is 6.07 Å². The monoisotopic (exact) mass is 437 g/mol. The minimum Gasteiger partial charge on any atom is -0.465 e. The van der Waals surface area contributed by atoms with Crippen molar-refractivity contribution in [2.24, 2.45) is 0 Å². The summed E-state index contributed by atoms with van der Waals surface area (Å²) in [7, 11) is -4.10. The van der Waals surface area contributed by atoms with Crippen LogP contribution in [0.5, 0.6) is 0 Å². The summed E-state index contributed by atoms with van der Waals surface area (Å²) in [6, 6.07) is 19.8. The highest BCUT2D eigenvalue weighted by atomic mass is 32.2. The largest absolute Gasteiger partial charge is 0.465 e. The molecule has 0 heterocycles. The average Bonchev–Trinajstić information content (AvgIpc) is 3.15. The molecular formula is C24H23NO5S. The van der Waals surface area contributed by atoms with Crippen molar-refractivity contribution in [2.45, 2.75) is 30.4 Å². The quantitative estimate of drug-likeness (QED) is 0.433. The third-order valence-electron chi connectivity index (χ3n) is 5.35. The van der Waals surface area contributed by atoms with Gasteiger partial charge in [-0.25, -0.2) is 8.42 Å². The lowest BCUT2D eigenvalue weighted by molar-refractivity contribution is -0.148. The topological polar surface area (TPSA) is 92.7 Å². The molecule has 0 fully saturated rings. The molecule has 0 amide bonds. The van der Waals surface area contributed by atoms with Gasteiger partial charge in [-0.3, -0.25) is 4.79 Å². The molecular weight excluding hydrogens is 414 g/mol. The number of carbonyl (C=O) groups is 1. The van der Waals surface area contributed by atoms with Crippen LogP contribution in [0.1, 0.15) is 29.7 Å². The summed E-state index contributed by atoms with van der Waals surface area (Å²) in [6.07, 6.45) is -0.753. The van der Waals surface area contributed by atoms with E-state index in [0.29, 0.717) is 12.0 Å². The first-order valence-electron chi connectivity index (χ1n) is 10.0. The molecule has 4 rings (SSSR count). The van der Waals surface area contributed by atoms with Gasteiger partial charge in [0, 0.05) is 0 Å². The maximum Gasteiger partial charge on any atom is 0.327 e. The van der Waals surface area contributed by atoms with Crippen LogP contribution in [0.2, 0.25) is 0 Å². The second-order valence-corrected chi connectivity index (χ2v) is 9.07. The van der Waals surface area contributed by atoms with E-state index < -0.39 is 28.1 Å². The molecule has 7 heteroatoms. The molecule has 0 unspecified atom stereocenters. The maximum atomic E-state index is 13.1. The van der Waals surface area contributed by atoms with E-state index in [1.807, 2.05) is 24.3 Å². The summed E-state index contributed by atoms with van der Waals surface area (Å²) in [4.78, 5) is 12.5. The molecule has 1 aliphatic carbocycles. The van der Waals surface area contributed by atoms with Crippen LogP contribution in [-0.2, 0) is 26.0 Å². The number of hydrogen-bond donors (Lipinski definition) is 2. The number of aliphatic hydroxyl groups excluding tert-OH is 1. The van der Waals surface area contributed by atoms with Crippen molar-refractivity contribution in [1.29, 1.82) is 0 Å². The second kappa shape index (κ2) is 8.63. The van der Waals surface area contributed by atoms with E-state index in [9.17, 15) is 18.3 Å². The van der Waals surface area contributed by atoms with Crippen molar-refractivity contribution >= 4 is 16.0 Å². The molecule has 1 aliphatic rings. The van der Waals surface area contributed by atoms with Crippen LogP contribution in [0.25, 0.3) is 11.1 Å². The minimum absolute atomic E-state index is 0.0358. The van der Waals surface area contributed by atoms with E-state index in [0.717, 1.165) is 22.3 Å². The molecule has 0 saturated carbocycles. The minimum atomic E-state index is -4.10. The summed E-state index contributed by atoms with van der Waals surface area (Å²) in [5.74, 6) is -0.837. The molecule has 0 aromatic heterocycles. The molecule has 0 bridgehead atoms. The van der Waals surface area contributed by atoms with Gasteiger partial charge in [-0.15, -0.1) is 0 Å². The van der Waals surface area contributed by atoms with Crippen molar-refractivity contribution in [3.8, 4) is 11.1 Å². The summed E-state index contributed by atoms with van der Waals surface area (Å²) in [5, 5.41) is 10.7. The Hall–Kier alpha value is -3.00. The Labute approximate surface area is 181 Å². The Morgan fingerprint density at radius 1 is 1.00 bits per heavy atom. The van der Waals surface area contributed by atoms with Crippen molar-refractivity contribution in [3.63, 3.8) is 0 Å². The smallest absolute Gasteiger partial charge is 0.327 e. The number of esters is 1. The summed E-state index contributed by atoms with van der Waals surface area (Å²) in [6.45, 7) is 1.69. The van der Waals surface area contributed by atoms with E-state index in [1.54, 1.807) is 49.4 Å². The Morgan fingerprint density at radius 3 is 2.42 bits per heavy atom. The van der Waals surface area contributed by atoms with Gasteiger partial charge in [0.15, 0.2) is 0 Å². The summed E-state index contributed by atoms with van der Waals surface area (Å²) < 4.78 is 33.6. The van der Waals surface area contributed by atoms with Gasteiger partial charge in [0.05, 0.1) is 11.5 Å². The zero-order chi connectivity index (χ0) is 22.0. The standard InChI is InChI=1S/C24H23NO5S/c1-2-30-24(27)22(23(26)16-8-4-3-5-9-16)25-31(28,29)19-12-13-21-18(15-19)14-17-10-6-7-11-20(17)21/h3-13,15,22-23,25-26H,2,14H2,1H3/t22-,23-/m0/s1. The highest BCUT2D eigenvalue weighted by Crippen LogP contribution is 2.37. The molecule has 0 radical (unpaired) electrons. The highest BCUT2D eigenvalue weighted by Gasteiger charge is 2.34. The zero-order valence-electron chi connectivity index (χ0n) is 17.0. The predicted octanol–water partition coefficient (Wildman–Crippen LogP) is 3.20. The van der Waals surface area contributed by atoms with E-state index in [2.05, 4.69) is 4.72 Å². The molecule has 31 heavy (non-hydrogen) atoms. The Morgan fingerprint density at radius 2 is 1.68 bits per heavy atom. The van der Waals surface area contributed by atoms with Gasteiger partial charge < -0.3 is 9.84 Å². The second-order valence-electron chi connectivity index (χ2n) is 7.36. The van der Waals surface area contributed by atoms with Crippen LogP contribution < -0.4 is 4.72 Å². The molecule has 2 atom stereocenters. The first-order valence-corrected chi connectivity index (χ1v) is 11.5. The van der Waals surface area contributed by atoms with Crippen molar-refractivity contribution in [1.82, 2.24) is 4.72 Å². The number of hydrogen-bond acceptors (Lipinski definition) is 5. The summed E-state index contributed by atoms with van der Waals surface area (Å²) >= 11 is 0. The average molecular weight is 438 g/mol. The predicted molar refractivity (Wildman–Crippen MR) is 117 cm³/mol. The van der Waals surface area contributed by atoms with Crippen LogP contribution in [-0.4, -0.2) is 32.1 Å². The SMILES string of the molecule is CCOC(=O)[C@@H](NS(=O)(=O)c1ccc2c(c1)Cc1ccccc1-2)[C@@H](O)c1ccccc1. The normalized spacial score (nSPS) is 14.4. The highest BCUT2D eigenvalue weighted by molar-refractivity contribution is 7.89. The molecule has 0 spiro atoms. The molecule has 0 saturated heterocycles. The number of ether oxygens (including phenoxy) is 1. The number of aliphatic hydroxyl groups is 1. The lowest BCUT2D eigenvalue weighted by atomic mass is 10.0. The van der Waals surface area contributed by atoms with Gasteiger partial charge in [-0.05, 0) is 53.3 Å². The van der Waals surface area contributed by atoms with Gasteiger partial charge in [0.1, 0.15) is 12.1 Å². The van der Waals surface area contributed by atoms with Crippen LogP contribution in [0.4, 0.5) is 0 Å². The van der Waals surface area contributed by atoms with Crippen LogP contribution >= 0.6 is 0 Å². The molecule has 2 N–H and O–H groups in total. The van der Waals surface area contributed by atoms with Gasteiger partial charge in [0.25, 0.3) is 0 Å². The third-order valence-corrected chi connectivity index (χ3v) is 6.79. The molecule has 3 aromatic carbocycles. The van der Waals surface area contributed by atoms with Crippen LogP contribution in [0.3, 0.4) is 0 Å². The molecule has 6 nitrogen and oxygen atoms in total. The van der Waals surface area contributed by atoms with Crippen LogP contribution in [0.15, 0.2) is 77.7 Å². The number of fused-ring (bicyclic) bond motifs is 3. The molecule has 0 aliphatic heterocycles. The third kappa shape index (κ3) is 4.25. The Kier molecular flexibility index (Phi) is 5.91. The first kappa shape index (κ1) is 21.2. The number of sulfonamides is 1. The van der Waals surface area contributed by atoms with Gasteiger partial charge in [-0.2, -0.15) is 4.72 Å². The first-order chi connectivity index (χ1) is 14.9. The fourth-order valence-corrected chi connectivity index (χ4v) is 5.08. The Balaban J connectivity index is 1.64. The number of benzene rings is 3. The van der Waals surface area contributed by atoms with E-state index in [-0.39, 0.29) is 11.5 Å². The maximum absolute atomic E-state index is 13.1. The van der Waals surface area contributed by atoms with Crippen molar-refractivity contribution < 1.29 is 23.1 Å². The fraction of sp³-hybridized carbons (Fsp3) is 0.208. The zero-order valence-corrected chi connectivity index (χ0v) is 17.8. The molecule has 3 aromatic rings. The fourth-order valence-electron chi connectivity index (χ4n) is 3.84. The lowest BCUT2D eigenvalue weighted by Gasteiger charge is -2.23. The van der Waals surface area contributed by atoms with Crippen molar-refractivity contribution in [3.05, 3.63) is 89.5 Å². The Bertz CT molecular complexity index is 1210. The van der Waals surface area contributed by atoms with E-state index in [4.69, 9.17) is 4.74 Å². The number of carbonyl (C=O) groups excluding carboxylic acids is 1. The number of nitrogens with one attached hydrogen (secondary N) is 1. The lowest BCUT2D eigenvalue weighted by Crippen LogP contribution is -2.45. The van der Waals surface area contributed by atoms with Crippen LogP contribution in [0, 0.1) is 0 Å². The molecule has 160 valence electrons. The summed E-state index contributed by atoms with van der Waals surface area (Å²) in [5.41, 5.74) is 4.55. The van der Waals surface area contributed by atoms with Gasteiger partial charge in [0.2, 0.25) is 10.0 Å².